The first-order chi connectivity index (χ1) is 10.9. The van der Waals surface area contributed by atoms with Crippen molar-refractivity contribution >= 4 is 11.9 Å². The summed E-state index contributed by atoms with van der Waals surface area (Å²) in [6.07, 6.45) is 0.621. The summed E-state index contributed by atoms with van der Waals surface area (Å²) in [5.41, 5.74) is 1.78. The number of rotatable bonds is 9. The Hall–Kier alpha value is -2.56. The summed E-state index contributed by atoms with van der Waals surface area (Å²) >= 11 is 0. The van der Waals surface area contributed by atoms with E-state index in [1.807, 2.05) is 24.3 Å². The van der Waals surface area contributed by atoms with Crippen molar-refractivity contribution in [3.8, 4) is 5.75 Å². The Morgan fingerprint density at radius 2 is 1.39 bits per heavy atom. The van der Waals surface area contributed by atoms with Crippen LogP contribution in [0.1, 0.15) is 19.4 Å². The van der Waals surface area contributed by atoms with Gasteiger partial charge in [-0.2, -0.15) is 0 Å². The van der Waals surface area contributed by atoms with Gasteiger partial charge in [0.25, 0.3) is 0 Å². The highest BCUT2D eigenvalue weighted by Gasteiger charge is 2.04. The Morgan fingerprint density at radius 1 is 0.870 bits per heavy atom. The van der Waals surface area contributed by atoms with Crippen LogP contribution in [0.2, 0.25) is 0 Å². The molecular formula is C18H22O5. The Balaban J connectivity index is 2.28. The molecule has 0 atom stereocenters. The van der Waals surface area contributed by atoms with Crippen LogP contribution >= 0.6 is 0 Å². The van der Waals surface area contributed by atoms with E-state index in [9.17, 15) is 9.59 Å². The molecule has 5 nitrogen and oxygen atoms in total. The van der Waals surface area contributed by atoms with E-state index < -0.39 is 5.97 Å². The van der Waals surface area contributed by atoms with Gasteiger partial charge >= 0.3 is 11.9 Å². The second-order valence-electron chi connectivity index (χ2n) is 5.07. The van der Waals surface area contributed by atoms with Gasteiger partial charge in [0.05, 0.1) is 6.61 Å². The van der Waals surface area contributed by atoms with Crippen LogP contribution in [0.4, 0.5) is 0 Å². The number of ether oxygens (including phenoxy) is 3. The molecular weight excluding hydrogens is 296 g/mol. The van der Waals surface area contributed by atoms with E-state index in [1.165, 1.54) is 0 Å². The van der Waals surface area contributed by atoms with Crippen molar-refractivity contribution in [2.75, 3.05) is 19.8 Å². The van der Waals surface area contributed by atoms with Crippen LogP contribution in [0, 0.1) is 0 Å². The van der Waals surface area contributed by atoms with Gasteiger partial charge in [0.2, 0.25) is 0 Å². The van der Waals surface area contributed by atoms with Crippen molar-refractivity contribution in [3.63, 3.8) is 0 Å². The van der Waals surface area contributed by atoms with Gasteiger partial charge in [-0.1, -0.05) is 25.3 Å². The molecule has 1 aromatic rings. The predicted octanol–water partition coefficient (Wildman–Crippen LogP) is 2.85. The molecule has 1 aromatic carbocycles. The summed E-state index contributed by atoms with van der Waals surface area (Å²) in [6.45, 7) is 11.0. The highest BCUT2D eigenvalue weighted by Crippen LogP contribution is 2.12. The molecule has 0 amide bonds. The van der Waals surface area contributed by atoms with Crippen molar-refractivity contribution in [3.05, 3.63) is 54.1 Å². The van der Waals surface area contributed by atoms with Crippen LogP contribution in [-0.2, 0) is 25.5 Å². The fraction of sp³-hybridized carbons (Fsp3) is 0.333. The zero-order valence-electron chi connectivity index (χ0n) is 13.6. The smallest absolute Gasteiger partial charge is 0.333 e. The van der Waals surface area contributed by atoms with Gasteiger partial charge in [-0.15, -0.1) is 0 Å². The van der Waals surface area contributed by atoms with E-state index in [0.29, 0.717) is 29.9 Å². The molecule has 0 spiro atoms. The summed E-state index contributed by atoms with van der Waals surface area (Å²) in [5, 5.41) is 0. The molecule has 124 valence electrons. The van der Waals surface area contributed by atoms with E-state index in [1.54, 1.807) is 13.8 Å². The molecule has 23 heavy (non-hydrogen) atoms. The molecule has 0 aliphatic rings. The lowest BCUT2D eigenvalue weighted by atomic mass is 10.1. The highest BCUT2D eigenvalue weighted by atomic mass is 16.6. The van der Waals surface area contributed by atoms with Crippen LogP contribution in [0.5, 0.6) is 5.75 Å². The average Bonchev–Trinajstić information content (AvgIpc) is 2.52. The minimum atomic E-state index is -0.423. The maximum atomic E-state index is 11.2. The fourth-order valence-corrected chi connectivity index (χ4v) is 1.55. The Labute approximate surface area is 136 Å². The Kier molecular flexibility index (Phi) is 7.60. The molecule has 1 rings (SSSR count). The maximum absolute atomic E-state index is 11.2. The third-order valence-corrected chi connectivity index (χ3v) is 2.83. The molecule has 0 unspecified atom stereocenters. The molecule has 0 saturated carbocycles. The van der Waals surface area contributed by atoms with E-state index in [-0.39, 0.29) is 19.2 Å². The number of esters is 2. The number of hydrogen-bond acceptors (Lipinski definition) is 5. The third kappa shape index (κ3) is 7.31. The second-order valence-corrected chi connectivity index (χ2v) is 5.07. The average molecular weight is 318 g/mol. The molecule has 0 aromatic heterocycles. The monoisotopic (exact) mass is 318 g/mol. The largest absolute Gasteiger partial charge is 0.490 e. The van der Waals surface area contributed by atoms with E-state index in [4.69, 9.17) is 14.2 Å². The third-order valence-electron chi connectivity index (χ3n) is 2.83. The van der Waals surface area contributed by atoms with Crippen molar-refractivity contribution in [2.24, 2.45) is 0 Å². The van der Waals surface area contributed by atoms with Crippen LogP contribution in [0.25, 0.3) is 0 Å². The minimum absolute atomic E-state index is 0.171. The zero-order valence-corrected chi connectivity index (χ0v) is 13.6. The van der Waals surface area contributed by atoms with E-state index >= 15 is 0 Å². The first kappa shape index (κ1) is 18.5. The number of benzene rings is 1. The summed E-state index contributed by atoms with van der Waals surface area (Å²) in [5.74, 6) is -0.124. The van der Waals surface area contributed by atoms with Gasteiger partial charge in [0, 0.05) is 17.6 Å². The van der Waals surface area contributed by atoms with Gasteiger partial charge in [0.1, 0.15) is 19.0 Å². The molecule has 5 heteroatoms. The highest BCUT2D eigenvalue weighted by molar-refractivity contribution is 5.87. The van der Waals surface area contributed by atoms with Gasteiger partial charge in [0.15, 0.2) is 0 Å². The van der Waals surface area contributed by atoms with Crippen molar-refractivity contribution < 1.29 is 23.8 Å². The van der Waals surface area contributed by atoms with Crippen molar-refractivity contribution in [2.45, 2.75) is 20.3 Å². The standard InChI is InChI=1S/C18H22O5/c1-13(2)17(19)22-10-9-15-5-7-16(8-6-15)21-11-12-23-18(20)14(3)4/h5-8H,1,3,9-12H2,2,4H3. The topological polar surface area (TPSA) is 61.8 Å². The lowest BCUT2D eigenvalue weighted by Crippen LogP contribution is -2.12. The number of carbonyl (C=O) groups excluding carboxylic acids is 2. The Morgan fingerprint density at radius 3 is 1.91 bits per heavy atom. The number of hydrogen-bond donors (Lipinski definition) is 0. The van der Waals surface area contributed by atoms with Crippen LogP contribution in [0.3, 0.4) is 0 Å². The second kappa shape index (κ2) is 9.46. The fourth-order valence-electron chi connectivity index (χ4n) is 1.55. The number of carbonyl (C=O) groups is 2. The van der Waals surface area contributed by atoms with Gasteiger partial charge in [-0.25, -0.2) is 9.59 Å². The zero-order chi connectivity index (χ0) is 17.2. The maximum Gasteiger partial charge on any atom is 0.333 e. The lowest BCUT2D eigenvalue weighted by Gasteiger charge is -2.08. The molecule has 0 bridgehead atoms. The first-order valence-corrected chi connectivity index (χ1v) is 7.27. The lowest BCUT2D eigenvalue weighted by molar-refractivity contribution is -0.140. The first-order valence-electron chi connectivity index (χ1n) is 7.27. The van der Waals surface area contributed by atoms with Crippen molar-refractivity contribution in [1.29, 1.82) is 0 Å². The van der Waals surface area contributed by atoms with Crippen LogP contribution < -0.4 is 4.74 Å². The predicted molar refractivity (Wildman–Crippen MR) is 87.2 cm³/mol. The molecule has 0 N–H and O–H groups in total. The summed E-state index contributed by atoms with van der Waals surface area (Å²) in [4.78, 5) is 22.4. The molecule has 0 aliphatic heterocycles. The minimum Gasteiger partial charge on any atom is -0.490 e. The van der Waals surface area contributed by atoms with Gasteiger partial charge in [-0.05, 0) is 31.5 Å². The van der Waals surface area contributed by atoms with E-state index in [2.05, 4.69) is 13.2 Å². The molecule has 0 radical (unpaired) electrons. The normalized spacial score (nSPS) is 9.83. The van der Waals surface area contributed by atoms with Crippen LogP contribution in [0.15, 0.2) is 48.6 Å². The molecule has 0 saturated heterocycles. The summed E-state index contributed by atoms with van der Waals surface area (Å²) < 4.78 is 15.4. The summed E-state index contributed by atoms with van der Waals surface area (Å²) in [7, 11) is 0. The van der Waals surface area contributed by atoms with Gasteiger partial charge in [-0.3, -0.25) is 0 Å². The summed E-state index contributed by atoms with van der Waals surface area (Å²) in [6, 6.07) is 7.42. The van der Waals surface area contributed by atoms with Gasteiger partial charge < -0.3 is 14.2 Å². The SMILES string of the molecule is C=C(C)C(=O)OCCOc1ccc(CCOC(=O)C(=C)C)cc1. The quantitative estimate of drug-likeness (QED) is 0.398. The Bertz CT molecular complexity index is 572. The van der Waals surface area contributed by atoms with Crippen LogP contribution in [-0.4, -0.2) is 31.8 Å². The molecule has 0 heterocycles. The molecule has 0 aliphatic carbocycles. The molecule has 0 fully saturated rings. The van der Waals surface area contributed by atoms with E-state index in [0.717, 1.165) is 5.56 Å². The van der Waals surface area contributed by atoms with Crippen molar-refractivity contribution in [1.82, 2.24) is 0 Å².